The van der Waals surface area contributed by atoms with Gasteiger partial charge in [-0.05, 0) is 85.7 Å². The Kier molecular flexibility index (Phi) is 5.97. The van der Waals surface area contributed by atoms with E-state index < -0.39 is 0 Å². The molecule has 1 unspecified atom stereocenters. The Hall–Kier alpha value is -3.64. The molecule has 4 aromatic rings. The summed E-state index contributed by atoms with van der Waals surface area (Å²) in [5, 5.41) is 6.77. The minimum absolute atomic E-state index is 0.0124. The van der Waals surface area contributed by atoms with Crippen LogP contribution in [0.5, 0.6) is 0 Å². The molecule has 6 nitrogen and oxygen atoms in total. The molecule has 1 atom stereocenters. The monoisotopic (exact) mass is 498 g/mol. The first kappa shape index (κ1) is 22.8. The van der Waals surface area contributed by atoms with E-state index in [1.54, 1.807) is 36.4 Å². The lowest BCUT2D eigenvalue weighted by molar-refractivity contribution is 0.0810. The zero-order valence-electron chi connectivity index (χ0n) is 19.8. The van der Waals surface area contributed by atoms with Gasteiger partial charge in [0.15, 0.2) is 0 Å². The predicted octanol–water partition coefficient (Wildman–Crippen LogP) is 6.44. The number of hydrogen-bond donors (Lipinski definition) is 3. The SMILES string of the molecule is O=C(Nc1ccc(Cl)cc1)c1ccc(-c2nc3ccc(C(=O)NC4CC5CCC4CC5)cc3[nH]2)cc1. The van der Waals surface area contributed by atoms with Crippen molar-refractivity contribution in [3.63, 3.8) is 0 Å². The van der Waals surface area contributed by atoms with Crippen LogP contribution >= 0.6 is 11.6 Å². The normalized spacial score (nSPS) is 20.9. The van der Waals surface area contributed by atoms with Crippen molar-refractivity contribution in [3.8, 4) is 11.4 Å². The Morgan fingerprint density at radius 3 is 2.28 bits per heavy atom. The maximum absolute atomic E-state index is 13.0. The quantitative estimate of drug-likeness (QED) is 0.295. The molecule has 7 rings (SSSR count). The summed E-state index contributed by atoms with van der Waals surface area (Å²) >= 11 is 5.90. The van der Waals surface area contributed by atoms with Crippen LogP contribution in [-0.4, -0.2) is 27.8 Å². The van der Waals surface area contributed by atoms with Crippen LogP contribution in [0, 0.1) is 11.8 Å². The maximum Gasteiger partial charge on any atom is 0.255 e. The van der Waals surface area contributed by atoms with E-state index in [1.807, 2.05) is 30.3 Å². The predicted molar refractivity (Wildman–Crippen MR) is 142 cm³/mol. The minimum atomic E-state index is -0.199. The Balaban J connectivity index is 1.15. The molecule has 36 heavy (non-hydrogen) atoms. The minimum Gasteiger partial charge on any atom is -0.349 e. The van der Waals surface area contributed by atoms with E-state index in [9.17, 15) is 9.59 Å². The smallest absolute Gasteiger partial charge is 0.255 e. The Labute approximate surface area is 214 Å². The number of amides is 2. The molecule has 2 amide bonds. The van der Waals surface area contributed by atoms with Gasteiger partial charge in [-0.25, -0.2) is 4.98 Å². The third-order valence-corrected chi connectivity index (χ3v) is 7.88. The van der Waals surface area contributed by atoms with Crippen molar-refractivity contribution in [2.75, 3.05) is 5.32 Å². The molecular formula is C29H27ClN4O2. The number of aromatic amines is 1. The fraction of sp³-hybridized carbons (Fsp3) is 0.276. The summed E-state index contributed by atoms with van der Waals surface area (Å²) in [7, 11) is 0. The van der Waals surface area contributed by atoms with Gasteiger partial charge in [-0.3, -0.25) is 9.59 Å². The number of rotatable bonds is 5. The van der Waals surface area contributed by atoms with Gasteiger partial charge < -0.3 is 15.6 Å². The fourth-order valence-electron chi connectivity index (χ4n) is 5.61. The molecule has 3 aliphatic carbocycles. The Bertz CT molecular complexity index is 1420. The van der Waals surface area contributed by atoms with Crippen LogP contribution in [0.25, 0.3) is 22.4 Å². The molecule has 3 saturated carbocycles. The topological polar surface area (TPSA) is 86.9 Å². The molecule has 2 bridgehead atoms. The standard InChI is InChI=1S/C29H27ClN4O2/c30-22-10-12-23(13-11-22)31-28(35)20-7-5-19(6-8-20)27-32-24-14-9-21(16-26(24)33-27)29(36)34-25-15-17-1-3-18(25)4-2-17/h5-14,16-18,25H,1-4,15H2,(H,31,35)(H,32,33)(H,34,36). The summed E-state index contributed by atoms with van der Waals surface area (Å²) in [5.74, 6) is 1.87. The first-order valence-electron chi connectivity index (χ1n) is 12.5. The van der Waals surface area contributed by atoms with Crippen LogP contribution < -0.4 is 10.6 Å². The van der Waals surface area contributed by atoms with Gasteiger partial charge in [-0.1, -0.05) is 36.6 Å². The summed E-state index contributed by atoms with van der Waals surface area (Å²) in [6, 6.07) is 20.1. The highest BCUT2D eigenvalue weighted by Gasteiger charge is 2.36. The Morgan fingerprint density at radius 1 is 0.861 bits per heavy atom. The van der Waals surface area contributed by atoms with E-state index in [4.69, 9.17) is 11.6 Å². The number of H-pyrrole nitrogens is 1. The molecular weight excluding hydrogens is 472 g/mol. The number of halogens is 1. The number of carbonyl (C=O) groups is 2. The third-order valence-electron chi connectivity index (χ3n) is 7.63. The van der Waals surface area contributed by atoms with E-state index in [1.165, 1.54) is 25.7 Å². The molecule has 0 radical (unpaired) electrons. The molecule has 3 aliphatic rings. The molecule has 3 aromatic carbocycles. The van der Waals surface area contributed by atoms with Gasteiger partial charge in [0.1, 0.15) is 5.82 Å². The summed E-state index contributed by atoms with van der Waals surface area (Å²) in [4.78, 5) is 33.5. The largest absolute Gasteiger partial charge is 0.349 e. The highest BCUT2D eigenvalue weighted by molar-refractivity contribution is 6.30. The number of imidazole rings is 1. The van der Waals surface area contributed by atoms with E-state index in [-0.39, 0.29) is 11.8 Å². The van der Waals surface area contributed by atoms with Crippen molar-refractivity contribution in [2.45, 2.75) is 38.1 Å². The van der Waals surface area contributed by atoms with Gasteiger partial charge in [0, 0.05) is 33.4 Å². The molecule has 1 aromatic heterocycles. The zero-order valence-corrected chi connectivity index (χ0v) is 20.5. The fourth-order valence-corrected chi connectivity index (χ4v) is 5.74. The second-order valence-electron chi connectivity index (χ2n) is 9.95. The number of carbonyl (C=O) groups excluding carboxylic acids is 2. The van der Waals surface area contributed by atoms with E-state index >= 15 is 0 Å². The van der Waals surface area contributed by atoms with Gasteiger partial charge in [-0.2, -0.15) is 0 Å². The first-order chi connectivity index (χ1) is 17.5. The van der Waals surface area contributed by atoms with E-state index in [0.29, 0.717) is 39.6 Å². The third kappa shape index (κ3) is 4.61. The molecule has 0 aliphatic heterocycles. The summed E-state index contributed by atoms with van der Waals surface area (Å²) < 4.78 is 0. The van der Waals surface area contributed by atoms with Gasteiger partial charge in [-0.15, -0.1) is 0 Å². The van der Waals surface area contributed by atoms with Crippen molar-refractivity contribution in [3.05, 3.63) is 82.9 Å². The second-order valence-corrected chi connectivity index (χ2v) is 10.4. The van der Waals surface area contributed by atoms with Crippen LogP contribution in [0.4, 0.5) is 5.69 Å². The van der Waals surface area contributed by atoms with Crippen LogP contribution in [0.3, 0.4) is 0 Å². The maximum atomic E-state index is 13.0. The summed E-state index contributed by atoms with van der Waals surface area (Å²) in [5.41, 5.74) is 4.34. The Morgan fingerprint density at radius 2 is 1.58 bits per heavy atom. The van der Waals surface area contributed by atoms with Crippen LogP contribution in [0.1, 0.15) is 52.8 Å². The number of benzene rings is 3. The van der Waals surface area contributed by atoms with Crippen LogP contribution in [0.2, 0.25) is 5.02 Å². The number of anilines is 1. The van der Waals surface area contributed by atoms with Crippen molar-refractivity contribution >= 4 is 40.1 Å². The van der Waals surface area contributed by atoms with Gasteiger partial charge in [0.2, 0.25) is 0 Å². The molecule has 182 valence electrons. The lowest BCUT2D eigenvalue weighted by atomic mass is 9.68. The van der Waals surface area contributed by atoms with Crippen molar-refractivity contribution < 1.29 is 9.59 Å². The number of nitrogens with one attached hydrogen (secondary N) is 3. The molecule has 3 N–H and O–H groups in total. The average molecular weight is 499 g/mol. The van der Waals surface area contributed by atoms with E-state index in [0.717, 1.165) is 28.9 Å². The molecule has 3 fully saturated rings. The lowest BCUT2D eigenvalue weighted by Crippen LogP contribution is -2.47. The van der Waals surface area contributed by atoms with Crippen molar-refractivity contribution in [1.82, 2.24) is 15.3 Å². The van der Waals surface area contributed by atoms with Gasteiger partial charge >= 0.3 is 0 Å². The lowest BCUT2D eigenvalue weighted by Gasteiger charge is -2.42. The van der Waals surface area contributed by atoms with Crippen LogP contribution in [-0.2, 0) is 0 Å². The molecule has 0 saturated heterocycles. The number of hydrogen-bond acceptors (Lipinski definition) is 3. The van der Waals surface area contributed by atoms with Gasteiger partial charge in [0.05, 0.1) is 11.0 Å². The zero-order chi connectivity index (χ0) is 24.6. The van der Waals surface area contributed by atoms with Crippen LogP contribution in [0.15, 0.2) is 66.7 Å². The number of fused-ring (bicyclic) bond motifs is 4. The average Bonchev–Trinajstić information content (AvgIpc) is 3.34. The molecule has 7 heteroatoms. The van der Waals surface area contributed by atoms with Crippen molar-refractivity contribution in [2.24, 2.45) is 11.8 Å². The molecule has 0 spiro atoms. The summed E-state index contributed by atoms with van der Waals surface area (Å²) in [6.45, 7) is 0. The summed E-state index contributed by atoms with van der Waals surface area (Å²) in [6.07, 6.45) is 6.21. The molecule has 1 heterocycles. The number of nitrogens with zero attached hydrogens (tertiary/aromatic N) is 1. The van der Waals surface area contributed by atoms with E-state index in [2.05, 4.69) is 20.6 Å². The highest BCUT2D eigenvalue weighted by atomic mass is 35.5. The van der Waals surface area contributed by atoms with Crippen molar-refractivity contribution in [1.29, 1.82) is 0 Å². The second kappa shape index (κ2) is 9.43. The highest BCUT2D eigenvalue weighted by Crippen LogP contribution is 2.41. The van der Waals surface area contributed by atoms with Gasteiger partial charge in [0.25, 0.3) is 11.8 Å². The number of aromatic nitrogens is 2. The first-order valence-corrected chi connectivity index (χ1v) is 12.9.